The summed E-state index contributed by atoms with van der Waals surface area (Å²) in [6.45, 7) is 0.118. The summed E-state index contributed by atoms with van der Waals surface area (Å²) in [5, 5.41) is 0.789. The molecule has 0 aliphatic carbocycles. The molecular weight excluding hydrogens is 537 g/mol. The van der Waals surface area contributed by atoms with E-state index >= 15 is 0 Å². The van der Waals surface area contributed by atoms with Gasteiger partial charge in [0.25, 0.3) is 10.0 Å². The Morgan fingerprint density at radius 1 is 0.562 bits per heavy atom. The Labute approximate surface area is 164 Å². The Hall–Kier alpha value is -1.32. The van der Waals surface area contributed by atoms with Crippen molar-refractivity contribution in [2.45, 2.75) is 60.1 Å². The lowest BCUT2D eigenvalue weighted by atomic mass is 9.91. The largest absolute Gasteiger partial charge is 0.460 e. The number of hydrogen-bond acceptors (Lipinski definition) is 3. The van der Waals surface area contributed by atoms with Crippen molar-refractivity contribution in [2.75, 3.05) is 0 Å². The highest BCUT2D eigenvalue weighted by Crippen LogP contribution is 2.64. The SMILES string of the molecule is CC(O)NS(=O)(=O)C(F)(F)C(F)(F)C(F)(F)C(F)(F)C(F)(F)C(F)(F)C(F)(F)C(F)(F)F. The van der Waals surface area contributed by atoms with Crippen molar-refractivity contribution in [2.24, 2.45) is 0 Å². The van der Waals surface area contributed by atoms with E-state index in [1.807, 2.05) is 0 Å². The number of aliphatic hydroxyl groups excluding tert-OH is 1. The van der Waals surface area contributed by atoms with Crippen LogP contribution >= 0.6 is 0 Å². The van der Waals surface area contributed by atoms with E-state index in [0.29, 0.717) is 0 Å². The molecule has 0 aromatic rings. The Morgan fingerprint density at radius 3 is 1.06 bits per heavy atom. The summed E-state index contributed by atoms with van der Waals surface area (Å²) >= 11 is 0. The Balaban J connectivity index is 6.92. The first kappa shape index (κ1) is 30.7. The van der Waals surface area contributed by atoms with Crippen LogP contribution < -0.4 is 4.72 Å². The maximum atomic E-state index is 13.4. The number of nitrogens with one attached hydrogen (secondary N) is 1. The number of hydrogen-bond donors (Lipinski definition) is 2. The van der Waals surface area contributed by atoms with Crippen molar-refractivity contribution < 1.29 is 88.2 Å². The van der Waals surface area contributed by atoms with Gasteiger partial charge in [-0.2, -0.15) is 79.4 Å². The van der Waals surface area contributed by atoms with E-state index in [1.54, 1.807) is 0 Å². The van der Waals surface area contributed by atoms with Crippen molar-refractivity contribution in [3.8, 4) is 0 Å². The van der Waals surface area contributed by atoms with E-state index in [0.717, 1.165) is 0 Å². The van der Waals surface area contributed by atoms with E-state index in [2.05, 4.69) is 0 Å². The van der Waals surface area contributed by atoms with Gasteiger partial charge in [0.15, 0.2) is 0 Å². The second-order valence-corrected chi connectivity index (χ2v) is 7.51. The molecule has 0 aromatic heterocycles. The highest BCUT2D eigenvalue weighted by atomic mass is 32.2. The van der Waals surface area contributed by atoms with Crippen molar-refractivity contribution >= 4 is 10.0 Å². The molecule has 0 heterocycles. The molecule has 22 heteroatoms. The van der Waals surface area contributed by atoms with E-state index in [9.17, 15) is 83.1 Å². The first-order valence-corrected chi connectivity index (χ1v) is 8.31. The predicted octanol–water partition coefficient (Wildman–Crippen LogP) is 4.21. The third kappa shape index (κ3) is 3.84. The summed E-state index contributed by atoms with van der Waals surface area (Å²) in [6.07, 6.45) is -10.8. The molecule has 0 rings (SSSR count). The second-order valence-electron chi connectivity index (χ2n) is 5.76. The number of halogens is 17. The van der Waals surface area contributed by atoms with Gasteiger partial charge < -0.3 is 5.11 Å². The molecule has 1 unspecified atom stereocenters. The molecule has 0 aliphatic rings. The first-order valence-electron chi connectivity index (χ1n) is 6.83. The minimum atomic E-state index is -8.88. The van der Waals surface area contributed by atoms with Crippen LogP contribution in [-0.4, -0.2) is 66.7 Å². The lowest BCUT2D eigenvalue weighted by molar-refractivity contribution is -0.458. The van der Waals surface area contributed by atoms with Gasteiger partial charge in [-0.1, -0.05) is 0 Å². The Bertz CT molecular complexity index is 800. The number of sulfonamides is 1. The van der Waals surface area contributed by atoms with Gasteiger partial charge in [0.1, 0.15) is 6.23 Å². The smallest absolute Gasteiger partial charge is 0.378 e. The topological polar surface area (TPSA) is 66.4 Å². The maximum Gasteiger partial charge on any atom is 0.460 e. The van der Waals surface area contributed by atoms with Gasteiger partial charge in [-0.15, -0.1) is 0 Å². The third-order valence-corrected chi connectivity index (χ3v) is 4.94. The van der Waals surface area contributed by atoms with Crippen LogP contribution in [0.25, 0.3) is 0 Å². The van der Waals surface area contributed by atoms with Crippen LogP contribution in [0, 0.1) is 0 Å². The van der Waals surface area contributed by atoms with Gasteiger partial charge in [-0.25, -0.2) is 8.42 Å². The van der Waals surface area contributed by atoms with Crippen LogP contribution in [0.2, 0.25) is 0 Å². The molecule has 0 saturated heterocycles. The van der Waals surface area contributed by atoms with Crippen LogP contribution in [0.1, 0.15) is 6.92 Å². The molecule has 0 amide bonds. The summed E-state index contributed by atoms with van der Waals surface area (Å²) in [4.78, 5) is 0. The number of aliphatic hydroxyl groups is 1. The van der Waals surface area contributed by atoms with Gasteiger partial charge >= 0.3 is 47.0 Å². The molecule has 0 saturated carbocycles. The fourth-order valence-corrected chi connectivity index (χ4v) is 2.68. The van der Waals surface area contributed by atoms with Crippen LogP contribution in [0.5, 0.6) is 0 Å². The monoisotopic (exact) mass is 543 g/mol. The van der Waals surface area contributed by atoms with Gasteiger partial charge in [-0.3, -0.25) is 0 Å². The quantitative estimate of drug-likeness (QED) is 0.339. The summed E-state index contributed by atoms with van der Waals surface area (Å²) < 4.78 is 242. The zero-order valence-corrected chi connectivity index (χ0v) is 15.0. The van der Waals surface area contributed by atoms with E-state index in [1.165, 1.54) is 0 Å². The Kier molecular flexibility index (Phi) is 7.29. The fraction of sp³-hybridized carbons (Fsp3) is 1.00. The van der Waals surface area contributed by atoms with Gasteiger partial charge in [0.05, 0.1) is 0 Å². The van der Waals surface area contributed by atoms with Crippen LogP contribution in [0.15, 0.2) is 0 Å². The molecule has 0 aromatic carbocycles. The summed E-state index contributed by atoms with van der Waals surface area (Å²) in [5.41, 5.74) is 0. The Morgan fingerprint density at radius 2 is 0.812 bits per heavy atom. The predicted molar refractivity (Wildman–Crippen MR) is 64.4 cm³/mol. The highest BCUT2D eigenvalue weighted by Gasteiger charge is 2.96. The van der Waals surface area contributed by atoms with Crippen LogP contribution in [0.4, 0.5) is 74.6 Å². The standard InChI is InChI=1S/C10H6F17NO3S/c1-2(29)28-32(30,31)10(26,27)8(21,22)6(17,18)4(13,14)3(11,12)5(15,16)7(19,20)9(23,24)25/h2,28-29H,1H3. The highest BCUT2D eigenvalue weighted by molar-refractivity contribution is 7.90. The summed E-state index contributed by atoms with van der Waals surface area (Å²) in [7, 11) is -7.45. The number of rotatable bonds is 9. The van der Waals surface area contributed by atoms with E-state index < -0.39 is 63.2 Å². The van der Waals surface area contributed by atoms with E-state index in [4.69, 9.17) is 5.11 Å². The summed E-state index contributed by atoms with van der Waals surface area (Å²) in [6, 6.07) is 0. The minimum Gasteiger partial charge on any atom is -0.378 e. The lowest BCUT2D eigenvalue weighted by Gasteiger charge is -2.42. The second kappa shape index (κ2) is 7.60. The molecule has 1 atom stereocenters. The molecule has 4 nitrogen and oxygen atoms in total. The maximum absolute atomic E-state index is 13.4. The van der Waals surface area contributed by atoms with Gasteiger partial charge in [-0.05, 0) is 6.92 Å². The fourth-order valence-electron chi connectivity index (χ4n) is 1.62. The average Bonchev–Trinajstić information content (AvgIpc) is 2.51. The van der Waals surface area contributed by atoms with Gasteiger partial charge in [0, 0.05) is 0 Å². The molecule has 0 bridgehead atoms. The zero-order valence-electron chi connectivity index (χ0n) is 14.2. The minimum absolute atomic E-state index is 0.0173. The van der Waals surface area contributed by atoms with Crippen molar-refractivity contribution in [1.29, 1.82) is 0 Å². The molecule has 0 radical (unpaired) electrons. The van der Waals surface area contributed by atoms with Gasteiger partial charge in [0.2, 0.25) is 0 Å². The van der Waals surface area contributed by atoms with Crippen molar-refractivity contribution in [3.05, 3.63) is 0 Å². The third-order valence-electron chi connectivity index (χ3n) is 3.36. The summed E-state index contributed by atoms with van der Waals surface area (Å²) in [5.74, 6) is -51.9. The molecular formula is C10H6F17NO3S. The molecule has 194 valence electrons. The lowest BCUT2D eigenvalue weighted by Crippen LogP contribution is -2.75. The van der Waals surface area contributed by atoms with E-state index in [-0.39, 0.29) is 11.6 Å². The van der Waals surface area contributed by atoms with Crippen molar-refractivity contribution in [1.82, 2.24) is 4.72 Å². The van der Waals surface area contributed by atoms with Crippen LogP contribution in [0.3, 0.4) is 0 Å². The number of alkyl halides is 17. The molecule has 0 aliphatic heterocycles. The average molecular weight is 543 g/mol. The molecule has 0 spiro atoms. The van der Waals surface area contributed by atoms with Crippen LogP contribution in [-0.2, 0) is 10.0 Å². The molecule has 0 fully saturated rings. The molecule has 2 N–H and O–H groups in total. The molecule has 32 heavy (non-hydrogen) atoms. The normalized spacial score (nSPS) is 17.5. The first-order chi connectivity index (χ1) is 13.4. The zero-order chi connectivity index (χ0) is 26.8. The van der Waals surface area contributed by atoms with Crippen molar-refractivity contribution in [3.63, 3.8) is 0 Å².